The highest BCUT2D eigenvalue weighted by atomic mass is 35.5. The molecular formula is C10H10Cl2F3N. The minimum atomic E-state index is -4.26. The largest absolute Gasteiger partial charge is 0.390 e. The number of hydrogen-bond acceptors (Lipinski definition) is 1. The number of rotatable bonds is 3. The van der Waals surface area contributed by atoms with Crippen LogP contribution in [0.3, 0.4) is 0 Å². The molecule has 0 heterocycles. The second-order valence-electron chi connectivity index (χ2n) is 3.50. The van der Waals surface area contributed by atoms with E-state index in [1.165, 1.54) is 0 Å². The first-order valence-corrected chi connectivity index (χ1v) is 5.30. The Hall–Kier alpha value is -0.450. The van der Waals surface area contributed by atoms with E-state index in [1.54, 1.807) is 18.2 Å². The summed E-state index contributed by atoms with van der Waals surface area (Å²) in [5.41, 5.74) is 5.92. The Morgan fingerprint density at radius 2 is 1.88 bits per heavy atom. The van der Waals surface area contributed by atoms with Crippen molar-refractivity contribution in [3.05, 3.63) is 33.8 Å². The zero-order chi connectivity index (χ0) is 12.3. The van der Waals surface area contributed by atoms with Crippen molar-refractivity contribution in [2.24, 2.45) is 5.73 Å². The van der Waals surface area contributed by atoms with Gasteiger partial charge in [-0.2, -0.15) is 13.2 Å². The maximum absolute atomic E-state index is 12.0. The molecule has 6 heteroatoms. The normalized spacial score (nSPS) is 13.9. The minimum absolute atomic E-state index is 0.0545. The van der Waals surface area contributed by atoms with E-state index in [0.29, 0.717) is 10.6 Å². The highest BCUT2D eigenvalue weighted by Gasteiger charge is 2.30. The molecule has 0 fully saturated rings. The Morgan fingerprint density at radius 3 is 2.44 bits per heavy atom. The van der Waals surface area contributed by atoms with Crippen LogP contribution in [-0.4, -0.2) is 12.2 Å². The predicted molar refractivity (Wildman–Crippen MR) is 58.8 cm³/mol. The quantitative estimate of drug-likeness (QED) is 0.889. The van der Waals surface area contributed by atoms with E-state index in [2.05, 4.69) is 0 Å². The lowest BCUT2D eigenvalue weighted by Crippen LogP contribution is -2.29. The number of alkyl halides is 3. The second kappa shape index (κ2) is 5.25. The van der Waals surface area contributed by atoms with Crippen molar-refractivity contribution in [3.8, 4) is 0 Å². The Kier molecular flexibility index (Phi) is 4.47. The molecule has 0 bridgehead atoms. The first-order chi connectivity index (χ1) is 7.29. The molecule has 2 N–H and O–H groups in total. The third-order valence-corrected chi connectivity index (χ3v) is 2.87. The molecule has 90 valence electrons. The lowest BCUT2D eigenvalue weighted by molar-refractivity contribution is -0.138. The van der Waals surface area contributed by atoms with Crippen LogP contribution >= 0.6 is 23.2 Å². The summed E-state index contributed by atoms with van der Waals surface area (Å²) in [6.07, 6.45) is -5.24. The van der Waals surface area contributed by atoms with Gasteiger partial charge in [-0.15, -0.1) is 0 Å². The number of nitrogens with two attached hydrogens (primary N) is 1. The molecule has 0 aliphatic carbocycles. The Morgan fingerprint density at radius 1 is 1.25 bits per heavy atom. The molecule has 1 unspecified atom stereocenters. The zero-order valence-electron chi connectivity index (χ0n) is 8.19. The fourth-order valence-electron chi connectivity index (χ4n) is 1.36. The summed E-state index contributed by atoms with van der Waals surface area (Å²) in [5, 5.41) is 0.583. The van der Waals surface area contributed by atoms with Crippen molar-refractivity contribution in [2.45, 2.75) is 25.1 Å². The predicted octanol–water partition coefficient (Wildman–Crippen LogP) is 3.82. The van der Waals surface area contributed by atoms with Gasteiger partial charge in [-0.3, -0.25) is 0 Å². The van der Waals surface area contributed by atoms with Crippen LogP contribution in [-0.2, 0) is 6.42 Å². The van der Waals surface area contributed by atoms with Crippen LogP contribution < -0.4 is 5.73 Å². The summed E-state index contributed by atoms with van der Waals surface area (Å²) in [7, 11) is 0. The fourth-order valence-corrected chi connectivity index (χ4v) is 1.76. The SMILES string of the molecule is NC(Cc1cccc(Cl)c1Cl)CC(F)(F)F. The molecule has 0 aliphatic rings. The van der Waals surface area contributed by atoms with Crippen LogP contribution in [0.2, 0.25) is 10.0 Å². The van der Waals surface area contributed by atoms with Gasteiger partial charge in [0.05, 0.1) is 16.5 Å². The van der Waals surface area contributed by atoms with E-state index in [9.17, 15) is 13.2 Å². The monoisotopic (exact) mass is 271 g/mol. The Balaban J connectivity index is 2.70. The van der Waals surface area contributed by atoms with Crippen molar-refractivity contribution < 1.29 is 13.2 Å². The van der Waals surface area contributed by atoms with E-state index >= 15 is 0 Å². The van der Waals surface area contributed by atoms with Gasteiger partial charge in [-0.05, 0) is 18.1 Å². The summed E-state index contributed by atoms with van der Waals surface area (Å²) >= 11 is 11.6. The van der Waals surface area contributed by atoms with Crippen molar-refractivity contribution in [3.63, 3.8) is 0 Å². The van der Waals surface area contributed by atoms with Crippen LogP contribution in [0.5, 0.6) is 0 Å². The van der Waals surface area contributed by atoms with Gasteiger partial charge in [0.2, 0.25) is 0 Å². The number of hydrogen-bond donors (Lipinski definition) is 1. The van der Waals surface area contributed by atoms with Crippen molar-refractivity contribution in [1.29, 1.82) is 0 Å². The first kappa shape index (κ1) is 13.6. The molecule has 0 spiro atoms. The molecule has 0 aromatic heterocycles. The molecule has 1 aromatic rings. The molecule has 0 saturated heterocycles. The smallest absolute Gasteiger partial charge is 0.327 e. The first-order valence-electron chi connectivity index (χ1n) is 4.55. The van der Waals surface area contributed by atoms with Crippen molar-refractivity contribution >= 4 is 23.2 Å². The van der Waals surface area contributed by atoms with Gasteiger partial charge in [-0.1, -0.05) is 35.3 Å². The molecule has 0 aliphatic heterocycles. The molecule has 0 radical (unpaired) electrons. The maximum Gasteiger partial charge on any atom is 0.390 e. The minimum Gasteiger partial charge on any atom is -0.327 e. The molecule has 0 saturated carbocycles. The van der Waals surface area contributed by atoms with Crippen LogP contribution in [0, 0.1) is 0 Å². The van der Waals surface area contributed by atoms with Gasteiger partial charge in [0.1, 0.15) is 0 Å². The van der Waals surface area contributed by atoms with E-state index < -0.39 is 18.6 Å². The van der Waals surface area contributed by atoms with Crippen LogP contribution in [0.4, 0.5) is 13.2 Å². The van der Waals surface area contributed by atoms with E-state index in [0.717, 1.165) is 0 Å². The Labute approximate surface area is 101 Å². The van der Waals surface area contributed by atoms with Crippen LogP contribution in [0.1, 0.15) is 12.0 Å². The average molecular weight is 272 g/mol. The maximum atomic E-state index is 12.0. The van der Waals surface area contributed by atoms with Gasteiger partial charge in [-0.25, -0.2) is 0 Å². The molecule has 0 amide bonds. The number of halogens is 5. The topological polar surface area (TPSA) is 26.0 Å². The highest BCUT2D eigenvalue weighted by Crippen LogP contribution is 2.28. The van der Waals surface area contributed by atoms with E-state index in [-0.39, 0.29) is 11.4 Å². The standard InChI is InChI=1S/C10H10Cl2F3N/c11-8-3-1-2-6(9(8)12)4-7(16)5-10(13,14)15/h1-3,7H,4-5,16H2. The van der Waals surface area contributed by atoms with E-state index in [4.69, 9.17) is 28.9 Å². The second-order valence-corrected chi connectivity index (χ2v) is 4.28. The van der Waals surface area contributed by atoms with Crippen LogP contribution in [0.15, 0.2) is 18.2 Å². The summed E-state index contributed by atoms with van der Waals surface area (Å²) in [4.78, 5) is 0. The molecule has 16 heavy (non-hydrogen) atoms. The lowest BCUT2D eigenvalue weighted by Gasteiger charge is -2.15. The highest BCUT2D eigenvalue weighted by molar-refractivity contribution is 6.42. The van der Waals surface area contributed by atoms with Crippen LogP contribution in [0.25, 0.3) is 0 Å². The zero-order valence-corrected chi connectivity index (χ0v) is 9.70. The van der Waals surface area contributed by atoms with Gasteiger partial charge < -0.3 is 5.73 Å². The molecule has 1 rings (SSSR count). The fraction of sp³-hybridized carbons (Fsp3) is 0.400. The Bertz CT molecular complexity index is 366. The number of benzene rings is 1. The van der Waals surface area contributed by atoms with Crippen molar-refractivity contribution in [1.82, 2.24) is 0 Å². The van der Waals surface area contributed by atoms with E-state index in [1.807, 2.05) is 0 Å². The third-order valence-electron chi connectivity index (χ3n) is 2.01. The van der Waals surface area contributed by atoms with Gasteiger partial charge in [0, 0.05) is 6.04 Å². The molecule has 1 atom stereocenters. The van der Waals surface area contributed by atoms with Gasteiger partial charge in [0.25, 0.3) is 0 Å². The average Bonchev–Trinajstić information content (AvgIpc) is 2.09. The molecule has 1 aromatic carbocycles. The summed E-state index contributed by atoms with van der Waals surface area (Å²) in [5.74, 6) is 0. The van der Waals surface area contributed by atoms with Gasteiger partial charge in [0.15, 0.2) is 0 Å². The summed E-state index contributed by atoms with van der Waals surface area (Å²) in [6, 6.07) is 3.81. The van der Waals surface area contributed by atoms with Gasteiger partial charge >= 0.3 is 6.18 Å². The third kappa shape index (κ3) is 4.20. The molecule has 1 nitrogen and oxygen atoms in total. The summed E-state index contributed by atoms with van der Waals surface area (Å²) < 4.78 is 36.1. The lowest BCUT2D eigenvalue weighted by atomic mass is 10.0. The molecular weight excluding hydrogens is 262 g/mol. The summed E-state index contributed by atoms with van der Waals surface area (Å²) in [6.45, 7) is 0. The van der Waals surface area contributed by atoms with Crippen molar-refractivity contribution in [2.75, 3.05) is 0 Å².